The Labute approximate surface area is 135 Å². The van der Waals surface area contributed by atoms with Crippen molar-refractivity contribution in [1.82, 2.24) is 10.2 Å². The van der Waals surface area contributed by atoms with Crippen molar-refractivity contribution in [2.24, 2.45) is 0 Å². The van der Waals surface area contributed by atoms with E-state index in [0.29, 0.717) is 13.1 Å². The summed E-state index contributed by atoms with van der Waals surface area (Å²) in [6.07, 6.45) is -0.377. The molecule has 0 aromatic heterocycles. The Morgan fingerprint density at radius 2 is 1.75 bits per heavy atom. The van der Waals surface area contributed by atoms with Crippen LogP contribution < -0.4 is 5.32 Å². The fourth-order valence-electron chi connectivity index (χ4n) is 1.95. The van der Waals surface area contributed by atoms with Gasteiger partial charge in [0, 0.05) is 0 Å². The molecule has 0 bridgehead atoms. The second kappa shape index (κ2) is 8.08. The molecule has 0 aliphatic rings. The molecule has 3 nitrogen and oxygen atoms in total. The lowest BCUT2D eigenvalue weighted by atomic mass is 10.1. The number of hydrogen-bond acceptors (Lipinski definition) is 2. The Balaban J connectivity index is 2.72. The zero-order chi connectivity index (χ0) is 15.2. The largest absolute Gasteiger partial charge is 0.336 e. The second-order valence-corrected chi connectivity index (χ2v) is 6.76. The van der Waals surface area contributed by atoms with Gasteiger partial charge >= 0.3 is 0 Å². The lowest BCUT2D eigenvalue weighted by Crippen LogP contribution is -2.55. The molecule has 0 spiro atoms. The van der Waals surface area contributed by atoms with Gasteiger partial charge in [0.15, 0.2) is 0 Å². The number of alkyl halides is 3. The number of halogens is 3. The molecule has 0 aliphatic carbocycles. The van der Waals surface area contributed by atoms with Gasteiger partial charge in [-0.25, -0.2) is 0 Å². The minimum absolute atomic E-state index is 0.167. The Morgan fingerprint density at radius 3 is 2.20 bits per heavy atom. The molecule has 1 rings (SSSR count). The van der Waals surface area contributed by atoms with Gasteiger partial charge in [0.05, 0.1) is 6.42 Å². The maximum Gasteiger partial charge on any atom is 0.225 e. The standard InChI is InChI=1S/C14H19Cl3N2O/c1-3-19(4-2)13(14(15,16)17)18-12(20)10-11-8-6-5-7-9-11/h5-9,13H,3-4,10H2,1-2H3,(H,18,20)/t13-/m0/s1. The lowest BCUT2D eigenvalue weighted by molar-refractivity contribution is -0.122. The Kier molecular flexibility index (Phi) is 7.10. The van der Waals surface area contributed by atoms with Crippen LogP contribution in [-0.4, -0.2) is 33.9 Å². The SMILES string of the molecule is CCN(CC)[C@H](NC(=O)Cc1ccccc1)C(Cl)(Cl)Cl. The highest BCUT2D eigenvalue weighted by Gasteiger charge is 2.37. The van der Waals surface area contributed by atoms with E-state index in [1.54, 1.807) is 0 Å². The smallest absolute Gasteiger partial charge is 0.225 e. The van der Waals surface area contributed by atoms with Crippen molar-refractivity contribution in [2.75, 3.05) is 13.1 Å². The van der Waals surface area contributed by atoms with Crippen LogP contribution >= 0.6 is 34.8 Å². The third-order valence-corrected chi connectivity index (χ3v) is 3.61. The summed E-state index contributed by atoms with van der Waals surface area (Å²) in [5.41, 5.74) is 0.924. The van der Waals surface area contributed by atoms with Crippen LogP contribution in [0.2, 0.25) is 0 Å². The molecule has 0 radical (unpaired) electrons. The van der Waals surface area contributed by atoms with Crippen molar-refractivity contribution >= 4 is 40.7 Å². The first kappa shape index (κ1) is 17.6. The summed E-state index contributed by atoms with van der Waals surface area (Å²) in [5, 5.41) is 2.80. The van der Waals surface area contributed by atoms with Crippen LogP contribution in [0, 0.1) is 0 Å². The predicted octanol–water partition coefficient (Wildman–Crippen LogP) is 3.38. The molecule has 0 aliphatic heterocycles. The molecule has 20 heavy (non-hydrogen) atoms. The summed E-state index contributed by atoms with van der Waals surface area (Å²) >= 11 is 17.9. The van der Waals surface area contributed by atoms with E-state index in [-0.39, 0.29) is 12.3 Å². The van der Waals surface area contributed by atoms with Crippen LogP contribution in [0.25, 0.3) is 0 Å². The minimum Gasteiger partial charge on any atom is -0.336 e. The van der Waals surface area contributed by atoms with E-state index in [0.717, 1.165) is 5.56 Å². The molecule has 0 fully saturated rings. The number of nitrogens with zero attached hydrogens (tertiary/aromatic N) is 1. The second-order valence-electron chi connectivity index (χ2n) is 4.40. The molecule has 0 saturated carbocycles. The fraction of sp³-hybridized carbons (Fsp3) is 0.500. The number of amides is 1. The average Bonchev–Trinajstić information content (AvgIpc) is 2.39. The molecule has 1 atom stereocenters. The summed E-state index contributed by atoms with van der Waals surface area (Å²) in [6.45, 7) is 5.27. The van der Waals surface area contributed by atoms with Crippen molar-refractivity contribution in [3.8, 4) is 0 Å². The topological polar surface area (TPSA) is 32.3 Å². The summed E-state index contributed by atoms with van der Waals surface area (Å²) in [6, 6.07) is 9.46. The molecular weight excluding hydrogens is 319 g/mol. The van der Waals surface area contributed by atoms with E-state index >= 15 is 0 Å². The van der Waals surface area contributed by atoms with E-state index in [4.69, 9.17) is 34.8 Å². The van der Waals surface area contributed by atoms with Gasteiger partial charge in [0.2, 0.25) is 9.70 Å². The van der Waals surface area contributed by atoms with Crippen LogP contribution in [0.5, 0.6) is 0 Å². The normalized spacial score (nSPS) is 13.3. The molecule has 6 heteroatoms. The highest BCUT2D eigenvalue weighted by Crippen LogP contribution is 2.32. The van der Waals surface area contributed by atoms with Crippen LogP contribution in [0.4, 0.5) is 0 Å². The van der Waals surface area contributed by atoms with Gasteiger partial charge in [-0.3, -0.25) is 9.69 Å². The van der Waals surface area contributed by atoms with E-state index in [1.807, 2.05) is 49.1 Å². The molecule has 1 N–H and O–H groups in total. The Hall–Kier alpha value is -0.480. The van der Waals surface area contributed by atoms with Crippen LogP contribution in [-0.2, 0) is 11.2 Å². The summed E-state index contributed by atoms with van der Waals surface area (Å²) in [7, 11) is 0. The Bertz CT molecular complexity index is 416. The first-order valence-corrected chi connectivity index (χ1v) is 7.65. The van der Waals surface area contributed by atoms with Gasteiger partial charge in [-0.1, -0.05) is 79.0 Å². The van der Waals surface area contributed by atoms with Crippen LogP contribution in [0.3, 0.4) is 0 Å². The van der Waals surface area contributed by atoms with Crippen LogP contribution in [0.1, 0.15) is 19.4 Å². The lowest BCUT2D eigenvalue weighted by Gasteiger charge is -2.35. The Morgan fingerprint density at radius 1 is 1.20 bits per heavy atom. The van der Waals surface area contributed by atoms with Gasteiger partial charge in [-0.05, 0) is 18.7 Å². The van der Waals surface area contributed by atoms with E-state index in [2.05, 4.69) is 5.32 Å². The third-order valence-electron chi connectivity index (χ3n) is 2.99. The number of hydrogen-bond donors (Lipinski definition) is 1. The molecule has 1 aromatic rings. The molecule has 1 aromatic carbocycles. The summed E-state index contributed by atoms with van der Waals surface area (Å²) in [4.78, 5) is 14.0. The number of nitrogens with one attached hydrogen (secondary N) is 1. The van der Waals surface area contributed by atoms with Crippen molar-refractivity contribution in [1.29, 1.82) is 0 Å². The molecule has 0 saturated heterocycles. The van der Waals surface area contributed by atoms with Crippen molar-refractivity contribution in [3.63, 3.8) is 0 Å². The number of carbonyl (C=O) groups excluding carboxylic acids is 1. The number of rotatable bonds is 6. The molecular formula is C14H19Cl3N2O. The highest BCUT2D eigenvalue weighted by atomic mass is 35.6. The first-order valence-electron chi connectivity index (χ1n) is 6.52. The predicted molar refractivity (Wildman–Crippen MR) is 85.3 cm³/mol. The van der Waals surface area contributed by atoms with Crippen molar-refractivity contribution in [2.45, 2.75) is 30.2 Å². The quantitative estimate of drug-likeness (QED) is 0.637. The maximum absolute atomic E-state index is 12.1. The first-order chi connectivity index (χ1) is 9.38. The van der Waals surface area contributed by atoms with Crippen molar-refractivity contribution in [3.05, 3.63) is 35.9 Å². The highest BCUT2D eigenvalue weighted by molar-refractivity contribution is 6.68. The zero-order valence-corrected chi connectivity index (χ0v) is 13.8. The average molecular weight is 338 g/mol. The number of benzene rings is 1. The molecule has 1 amide bonds. The monoisotopic (exact) mass is 336 g/mol. The van der Waals surface area contributed by atoms with E-state index in [1.165, 1.54) is 0 Å². The molecule has 0 heterocycles. The summed E-state index contributed by atoms with van der Waals surface area (Å²) < 4.78 is -1.57. The summed E-state index contributed by atoms with van der Waals surface area (Å²) in [5.74, 6) is -0.167. The molecule has 0 unspecified atom stereocenters. The maximum atomic E-state index is 12.1. The van der Waals surface area contributed by atoms with E-state index in [9.17, 15) is 4.79 Å². The van der Waals surface area contributed by atoms with Gasteiger partial charge < -0.3 is 5.32 Å². The van der Waals surface area contributed by atoms with E-state index < -0.39 is 9.96 Å². The minimum atomic E-state index is -1.57. The van der Waals surface area contributed by atoms with Gasteiger partial charge in [-0.15, -0.1) is 0 Å². The van der Waals surface area contributed by atoms with Crippen molar-refractivity contribution < 1.29 is 4.79 Å². The zero-order valence-electron chi connectivity index (χ0n) is 11.6. The number of carbonyl (C=O) groups is 1. The molecule has 112 valence electrons. The van der Waals surface area contributed by atoms with Gasteiger partial charge in [0.1, 0.15) is 6.17 Å². The fourth-order valence-corrected chi connectivity index (χ4v) is 2.53. The third kappa shape index (κ3) is 5.49. The van der Waals surface area contributed by atoms with Crippen LogP contribution in [0.15, 0.2) is 30.3 Å². The van der Waals surface area contributed by atoms with Gasteiger partial charge in [0.25, 0.3) is 0 Å². The van der Waals surface area contributed by atoms with Gasteiger partial charge in [-0.2, -0.15) is 0 Å².